The monoisotopic (exact) mass is 366 g/mol. The van der Waals surface area contributed by atoms with E-state index < -0.39 is 5.91 Å². The molecule has 0 spiro atoms. The molecule has 0 saturated heterocycles. The molecule has 0 atom stereocenters. The number of aryl methyl sites for hydroxylation is 1. The zero-order valence-corrected chi connectivity index (χ0v) is 15.4. The normalized spacial score (nSPS) is 10.6. The van der Waals surface area contributed by atoms with Crippen LogP contribution in [0.4, 0.5) is 5.69 Å². The Morgan fingerprint density at radius 2 is 1.77 bits per heavy atom. The average Bonchev–Trinajstić information content (AvgIpc) is 2.62. The highest BCUT2D eigenvalue weighted by Crippen LogP contribution is 2.18. The van der Waals surface area contributed by atoms with Crippen LogP contribution in [0.15, 0.2) is 65.6 Å². The second kappa shape index (κ2) is 7.58. The standard InChI is InChI=1S/C21H19ClN2O2/c1-14-5-3-7-19(15(14)2)23-20(25)18-6-4-12-24(21(18)26)13-16-8-10-17(22)11-9-16/h3-12H,13H2,1-2H3,(H,23,25). The van der Waals surface area contributed by atoms with Gasteiger partial charge in [0.25, 0.3) is 11.5 Å². The number of nitrogens with zero attached hydrogens (tertiary/aromatic N) is 1. The Morgan fingerprint density at radius 1 is 1.04 bits per heavy atom. The summed E-state index contributed by atoms with van der Waals surface area (Å²) in [5, 5.41) is 3.48. The molecule has 26 heavy (non-hydrogen) atoms. The van der Waals surface area contributed by atoms with Gasteiger partial charge in [0.1, 0.15) is 5.56 Å². The first-order valence-electron chi connectivity index (χ1n) is 8.27. The first kappa shape index (κ1) is 18.0. The Balaban J connectivity index is 1.86. The van der Waals surface area contributed by atoms with E-state index in [1.54, 1.807) is 30.5 Å². The summed E-state index contributed by atoms with van der Waals surface area (Å²) in [7, 11) is 0. The molecule has 0 aliphatic rings. The van der Waals surface area contributed by atoms with Crippen LogP contribution < -0.4 is 10.9 Å². The minimum atomic E-state index is -0.408. The Hall–Kier alpha value is -2.85. The quantitative estimate of drug-likeness (QED) is 0.743. The summed E-state index contributed by atoms with van der Waals surface area (Å²) < 4.78 is 1.52. The van der Waals surface area contributed by atoms with E-state index in [4.69, 9.17) is 11.6 Å². The van der Waals surface area contributed by atoms with Crippen molar-refractivity contribution < 1.29 is 4.79 Å². The molecule has 0 radical (unpaired) electrons. The lowest BCUT2D eigenvalue weighted by Gasteiger charge is -2.11. The molecule has 0 saturated carbocycles. The maximum absolute atomic E-state index is 12.7. The molecule has 2 aromatic carbocycles. The van der Waals surface area contributed by atoms with Crippen molar-refractivity contribution in [1.82, 2.24) is 4.57 Å². The maximum atomic E-state index is 12.7. The average molecular weight is 367 g/mol. The molecule has 1 heterocycles. The number of benzene rings is 2. The SMILES string of the molecule is Cc1cccc(NC(=O)c2cccn(Cc3ccc(Cl)cc3)c2=O)c1C. The molecule has 132 valence electrons. The van der Waals surface area contributed by atoms with Crippen molar-refractivity contribution >= 4 is 23.2 Å². The van der Waals surface area contributed by atoms with Crippen LogP contribution in [0.3, 0.4) is 0 Å². The summed E-state index contributed by atoms with van der Waals surface area (Å²) in [5.74, 6) is -0.408. The number of halogens is 1. The molecule has 1 aromatic heterocycles. The zero-order chi connectivity index (χ0) is 18.7. The van der Waals surface area contributed by atoms with Crippen LogP contribution in [0.5, 0.6) is 0 Å². The number of pyridine rings is 1. The molecular formula is C21H19ClN2O2. The summed E-state index contributed by atoms with van der Waals surface area (Å²) in [5.41, 5.74) is 3.49. The Labute approximate surface area is 157 Å². The van der Waals surface area contributed by atoms with Gasteiger partial charge < -0.3 is 9.88 Å². The fraction of sp³-hybridized carbons (Fsp3) is 0.143. The number of nitrogens with one attached hydrogen (secondary N) is 1. The highest BCUT2D eigenvalue weighted by Gasteiger charge is 2.14. The summed E-state index contributed by atoms with van der Waals surface area (Å²) in [6.07, 6.45) is 1.67. The molecule has 3 rings (SSSR count). The van der Waals surface area contributed by atoms with Crippen LogP contribution >= 0.6 is 11.6 Å². The predicted octanol–water partition coefficient (Wildman–Crippen LogP) is 4.42. The fourth-order valence-corrected chi connectivity index (χ4v) is 2.82. The van der Waals surface area contributed by atoms with E-state index in [0.29, 0.717) is 17.3 Å². The van der Waals surface area contributed by atoms with Gasteiger partial charge in [0.2, 0.25) is 0 Å². The lowest BCUT2D eigenvalue weighted by atomic mass is 10.1. The Kier molecular flexibility index (Phi) is 5.24. The van der Waals surface area contributed by atoms with Gasteiger partial charge in [-0.05, 0) is 60.9 Å². The topological polar surface area (TPSA) is 51.1 Å². The molecule has 0 aliphatic carbocycles. The van der Waals surface area contributed by atoms with E-state index in [9.17, 15) is 9.59 Å². The second-order valence-electron chi connectivity index (χ2n) is 6.18. The summed E-state index contributed by atoms with van der Waals surface area (Å²) in [4.78, 5) is 25.3. The van der Waals surface area contributed by atoms with Gasteiger partial charge in [-0.1, -0.05) is 35.9 Å². The van der Waals surface area contributed by atoms with Gasteiger partial charge in [-0.25, -0.2) is 0 Å². The largest absolute Gasteiger partial charge is 0.322 e. The number of anilines is 1. The Morgan fingerprint density at radius 3 is 2.50 bits per heavy atom. The number of hydrogen-bond donors (Lipinski definition) is 1. The van der Waals surface area contributed by atoms with Gasteiger partial charge in [0.15, 0.2) is 0 Å². The molecule has 0 aliphatic heterocycles. The maximum Gasteiger partial charge on any atom is 0.263 e. The molecule has 0 fully saturated rings. The molecule has 1 N–H and O–H groups in total. The van der Waals surface area contributed by atoms with E-state index >= 15 is 0 Å². The molecule has 0 unspecified atom stereocenters. The minimum absolute atomic E-state index is 0.113. The van der Waals surface area contributed by atoms with Crippen molar-refractivity contribution in [1.29, 1.82) is 0 Å². The third-order valence-corrected chi connectivity index (χ3v) is 4.64. The van der Waals surface area contributed by atoms with Gasteiger partial charge in [-0.15, -0.1) is 0 Å². The molecular weight excluding hydrogens is 348 g/mol. The van der Waals surface area contributed by atoms with Crippen molar-refractivity contribution in [3.63, 3.8) is 0 Å². The first-order chi connectivity index (χ1) is 12.5. The van der Waals surface area contributed by atoms with Crippen LogP contribution in [0.25, 0.3) is 0 Å². The van der Waals surface area contributed by atoms with E-state index in [1.165, 1.54) is 4.57 Å². The van der Waals surface area contributed by atoms with Crippen LogP contribution in [0, 0.1) is 13.8 Å². The van der Waals surface area contributed by atoms with Crippen LogP contribution in [-0.2, 0) is 6.54 Å². The smallest absolute Gasteiger partial charge is 0.263 e. The molecule has 4 nitrogen and oxygen atoms in total. The van der Waals surface area contributed by atoms with E-state index in [-0.39, 0.29) is 11.1 Å². The van der Waals surface area contributed by atoms with Crippen LogP contribution in [0.2, 0.25) is 5.02 Å². The van der Waals surface area contributed by atoms with Gasteiger partial charge in [0, 0.05) is 16.9 Å². The number of carbonyl (C=O) groups is 1. The van der Waals surface area contributed by atoms with E-state index in [1.807, 2.05) is 44.2 Å². The summed E-state index contributed by atoms with van der Waals surface area (Å²) in [6.45, 7) is 4.29. The van der Waals surface area contributed by atoms with E-state index in [2.05, 4.69) is 5.32 Å². The Bertz CT molecular complexity index is 1010. The van der Waals surface area contributed by atoms with Crippen molar-refractivity contribution in [3.8, 4) is 0 Å². The summed E-state index contributed by atoms with van der Waals surface area (Å²) >= 11 is 5.89. The van der Waals surface area contributed by atoms with Crippen molar-refractivity contribution in [2.45, 2.75) is 20.4 Å². The number of amides is 1. The van der Waals surface area contributed by atoms with Crippen LogP contribution in [0.1, 0.15) is 27.0 Å². The number of carbonyl (C=O) groups excluding carboxylic acids is 1. The first-order valence-corrected chi connectivity index (χ1v) is 8.65. The molecule has 0 bridgehead atoms. The summed E-state index contributed by atoms with van der Waals surface area (Å²) in [6, 6.07) is 16.2. The molecule has 3 aromatic rings. The number of aromatic nitrogens is 1. The van der Waals surface area contributed by atoms with Gasteiger partial charge >= 0.3 is 0 Å². The third kappa shape index (κ3) is 3.86. The minimum Gasteiger partial charge on any atom is -0.322 e. The van der Waals surface area contributed by atoms with Crippen LogP contribution in [-0.4, -0.2) is 10.5 Å². The van der Waals surface area contributed by atoms with Crippen molar-refractivity contribution in [3.05, 3.63) is 98.4 Å². The lowest BCUT2D eigenvalue weighted by molar-refractivity contribution is 0.102. The van der Waals surface area contributed by atoms with Crippen molar-refractivity contribution in [2.75, 3.05) is 5.32 Å². The molecule has 5 heteroatoms. The number of rotatable bonds is 4. The zero-order valence-electron chi connectivity index (χ0n) is 14.6. The highest BCUT2D eigenvalue weighted by atomic mass is 35.5. The lowest BCUT2D eigenvalue weighted by Crippen LogP contribution is -2.29. The van der Waals surface area contributed by atoms with Gasteiger partial charge in [-0.3, -0.25) is 9.59 Å². The number of hydrogen-bond acceptors (Lipinski definition) is 2. The highest BCUT2D eigenvalue weighted by molar-refractivity contribution is 6.30. The fourth-order valence-electron chi connectivity index (χ4n) is 2.70. The molecule has 1 amide bonds. The van der Waals surface area contributed by atoms with E-state index in [0.717, 1.165) is 16.7 Å². The second-order valence-corrected chi connectivity index (χ2v) is 6.62. The predicted molar refractivity (Wildman–Crippen MR) is 105 cm³/mol. The third-order valence-electron chi connectivity index (χ3n) is 4.38. The van der Waals surface area contributed by atoms with Gasteiger partial charge in [0.05, 0.1) is 6.54 Å². The van der Waals surface area contributed by atoms with Gasteiger partial charge in [-0.2, -0.15) is 0 Å². The van der Waals surface area contributed by atoms with Crippen molar-refractivity contribution in [2.24, 2.45) is 0 Å².